The number of methoxy groups -OCH3 is 1. The summed E-state index contributed by atoms with van der Waals surface area (Å²) in [4.78, 5) is 27.6. The number of carbonyl (C=O) groups excluding carboxylic acids is 2. The lowest BCUT2D eigenvalue weighted by molar-refractivity contribution is -0.134. The van der Waals surface area contributed by atoms with E-state index in [1.807, 2.05) is 29.2 Å². The lowest BCUT2D eigenvalue weighted by atomic mass is 10.0. The van der Waals surface area contributed by atoms with Crippen molar-refractivity contribution in [1.82, 2.24) is 15.4 Å². The van der Waals surface area contributed by atoms with Crippen LogP contribution >= 0.6 is 0 Å². The van der Waals surface area contributed by atoms with Gasteiger partial charge in [-0.2, -0.15) is 0 Å². The number of rotatable bonds is 11. The molecule has 0 saturated heterocycles. The standard InChI is InChI=1S/C27H37N3O4/c1-33-23-13-10-21(11-14-23)16-17-28-27(32)25-18-24(34-29-25)19-30(22-8-4-5-9-22)26(31)15-12-20-6-2-3-7-20/h10-11,13-14,18,20,22H,2-9,12,15-17,19H2,1H3,(H,28,32). The van der Waals surface area contributed by atoms with E-state index in [0.29, 0.717) is 37.6 Å². The molecule has 2 fully saturated rings. The Labute approximate surface area is 202 Å². The highest BCUT2D eigenvalue weighted by Gasteiger charge is 2.29. The quantitative estimate of drug-likeness (QED) is 0.508. The summed E-state index contributed by atoms with van der Waals surface area (Å²) in [5.41, 5.74) is 1.37. The second kappa shape index (κ2) is 12.0. The zero-order chi connectivity index (χ0) is 23.8. The fourth-order valence-corrected chi connectivity index (χ4v) is 5.27. The van der Waals surface area contributed by atoms with E-state index < -0.39 is 0 Å². The van der Waals surface area contributed by atoms with Crippen molar-refractivity contribution in [2.24, 2.45) is 5.92 Å². The molecule has 0 aliphatic heterocycles. The van der Waals surface area contributed by atoms with Crippen molar-refractivity contribution in [3.8, 4) is 5.75 Å². The van der Waals surface area contributed by atoms with Crippen molar-refractivity contribution < 1.29 is 18.8 Å². The largest absolute Gasteiger partial charge is 0.497 e. The van der Waals surface area contributed by atoms with E-state index in [1.165, 1.54) is 25.7 Å². The van der Waals surface area contributed by atoms with E-state index in [9.17, 15) is 9.59 Å². The van der Waals surface area contributed by atoms with Crippen LogP contribution in [0.2, 0.25) is 0 Å². The molecule has 2 saturated carbocycles. The summed E-state index contributed by atoms with van der Waals surface area (Å²) in [5.74, 6) is 2.03. The first-order chi connectivity index (χ1) is 16.6. The van der Waals surface area contributed by atoms with Crippen LogP contribution in [-0.4, -0.2) is 41.6 Å². The van der Waals surface area contributed by atoms with E-state index in [-0.39, 0.29) is 23.6 Å². The van der Waals surface area contributed by atoms with Gasteiger partial charge in [0.2, 0.25) is 5.91 Å². The zero-order valence-electron chi connectivity index (χ0n) is 20.3. The Hall–Kier alpha value is -2.83. The molecule has 0 bridgehead atoms. The van der Waals surface area contributed by atoms with Gasteiger partial charge in [-0.05, 0) is 49.3 Å². The molecule has 2 aliphatic carbocycles. The molecule has 1 heterocycles. The molecule has 1 aromatic heterocycles. The molecule has 0 unspecified atom stereocenters. The third-order valence-corrected chi connectivity index (χ3v) is 7.30. The van der Waals surface area contributed by atoms with Crippen molar-refractivity contribution in [3.63, 3.8) is 0 Å². The number of nitrogens with one attached hydrogen (secondary N) is 1. The maximum atomic E-state index is 13.1. The van der Waals surface area contributed by atoms with Crippen LogP contribution in [-0.2, 0) is 17.8 Å². The van der Waals surface area contributed by atoms with Gasteiger partial charge >= 0.3 is 0 Å². The van der Waals surface area contributed by atoms with E-state index in [2.05, 4.69) is 10.5 Å². The number of carbonyl (C=O) groups is 2. The summed E-state index contributed by atoms with van der Waals surface area (Å²) >= 11 is 0. The molecule has 2 aliphatic rings. The van der Waals surface area contributed by atoms with Crippen molar-refractivity contribution in [1.29, 1.82) is 0 Å². The molecule has 0 atom stereocenters. The Morgan fingerprint density at radius 3 is 2.50 bits per heavy atom. The molecule has 184 valence electrons. The smallest absolute Gasteiger partial charge is 0.273 e. The van der Waals surface area contributed by atoms with Crippen LogP contribution in [0.3, 0.4) is 0 Å². The van der Waals surface area contributed by atoms with Crippen LogP contribution in [0.4, 0.5) is 0 Å². The van der Waals surface area contributed by atoms with Gasteiger partial charge in [-0.15, -0.1) is 0 Å². The number of hydrogen-bond acceptors (Lipinski definition) is 5. The van der Waals surface area contributed by atoms with Gasteiger partial charge in [0.1, 0.15) is 5.75 Å². The maximum absolute atomic E-state index is 13.1. The first-order valence-electron chi connectivity index (χ1n) is 12.8. The maximum Gasteiger partial charge on any atom is 0.273 e. The van der Waals surface area contributed by atoms with Crippen molar-refractivity contribution in [2.45, 2.75) is 83.2 Å². The van der Waals surface area contributed by atoms with Crippen LogP contribution in [0.1, 0.15) is 86.0 Å². The summed E-state index contributed by atoms with van der Waals surface area (Å²) in [7, 11) is 1.64. The van der Waals surface area contributed by atoms with Gasteiger partial charge in [-0.25, -0.2) is 0 Å². The molecule has 2 amide bonds. The minimum Gasteiger partial charge on any atom is -0.497 e. The fourth-order valence-electron chi connectivity index (χ4n) is 5.27. The van der Waals surface area contributed by atoms with E-state index in [1.54, 1.807) is 13.2 Å². The molecular weight excluding hydrogens is 430 g/mol. The topological polar surface area (TPSA) is 84.7 Å². The molecule has 4 rings (SSSR count). The molecule has 7 heteroatoms. The number of hydrogen-bond donors (Lipinski definition) is 1. The molecule has 0 spiro atoms. The highest BCUT2D eigenvalue weighted by atomic mass is 16.5. The predicted octanol–water partition coefficient (Wildman–Crippen LogP) is 4.90. The average molecular weight is 468 g/mol. The van der Waals surface area contributed by atoms with Crippen molar-refractivity contribution in [2.75, 3.05) is 13.7 Å². The van der Waals surface area contributed by atoms with E-state index >= 15 is 0 Å². The Morgan fingerprint density at radius 1 is 1.09 bits per heavy atom. The summed E-state index contributed by atoms with van der Waals surface area (Å²) in [6.07, 6.45) is 11.8. The number of amides is 2. The van der Waals surface area contributed by atoms with Gasteiger partial charge in [-0.1, -0.05) is 55.8 Å². The molecule has 1 N–H and O–H groups in total. The molecule has 2 aromatic rings. The minimum absolute atomic E-state index is 0.209. The second-order valence-electron chi connectivity index (χ2n) is 9.68. The third-order valence-electron chi connectivity index (χ3n) is 7.30. The van der Waals surface area contributed by atoms with Crippen molar-refractivity contribution in [3.05, 3.63) is 47.3 Å². The summed E-state index contributed by atoms with van der Waals surface area (Å²) in [6.45, 7) is 0.890. The van der Waals surface area contributed by atoms with Crippen LogP contribution in [0, 0.1) is 5.92 Å². The minimum atomic E-state index is -0.261. The predicted molar refractivity (Wildman–Crippen MR) is 130 cm³/mol. The number of aromatic nitrogens is 1. The third kappa shape index (κ3) is 6.61. The Morgan fingerprint density at radius 2 is 1.79 bits per heavy atom. The second-order valence-corrected chi connectivity index (χ2v) is 9.68. The average Bonchev–Trinajstić information content (AvgIpc) is 3.64. The van der Waals surface area contributed by atoms with E-state index in [0.717, 1.165) is 43.4 Å². The van der Waals surface area contributed by atoms with Crippen LogP contribution in [0.5, 0.6) is 5.75 Å². The molecule has 7 nitrogen and oxygen atoms in total. The highest BCUT2D eigenvalue weighted by Crippen LogP contribution is 2.30. The molecule has 0 radical (unpaired) electrons. The first kappa shape index (κ1) is 24.3. The molecule has 34 heavy (non-hydrogen) atoms. The van der Waals surface area contributed by atoms with Gasteiger partial charge < -0.3 is 19.5 Å². The monoisotopic (exact) mass is 467 g/mol. The van der Waals surface area contributed by atoms with Crippen LogP contribution < -0.4 is 10.1 Å². The number of nitrogens with zero attached hydrogens (tertiary/aromatic N) is 2. The number of ether oxygens (including phenoxy) is 1. The number of benzene rings is 1. The zero-order valence-corrected chi connectivity index (χ0v) is 20.3. The summed E-state index contributed by atoms with van der Waals surface area (Å²) in [5, 5.41) is 6.87. The summed E-state index contributed by atoms with van der Waals surface area (Å²) in [6, 6.07) is 9.73. The molecular formula is C27H37N3O4. The van der Waals surface area contributed by atoms with Gasteiger partial charge in [0.25, 0.3) is 5.91 Å². The molecule has 1 aromatic carbocycles. The van der Waals surface area contributed by atoms with Gasteiger partial charge in [0, 0.05) is 25.1 Å². The van der Waals surface area contributed by atoms with Gasteiger partial charge in [-0.3, -0.25) is 9.59 Å². The highest BCUT2D eigenvalue weighted by molar-refractivity contribution is 5.92. The Kier molecular flexibility index (Phi) is 8.61. The Balaban J connectivity index is 1.29. The summed E-state index contributed by atoms with van der Waals surface area (Å²) < 4.78 is 10.6. The first-order valence-corrected chi connectivity index (χ1v) is 12.8. The lowest BCUT2D eigenvalue weighted by Gasteiger charge is -2.28. The Bertz CT molecular complexity index is 928. The van der Waals surface area contributed by atoms with Gasteiger partial charge in [0.05, 0.1) is 13.7 Å². The lowest BCUT2D eigenvalue weighted by Crippen LogP contribution is -2.38. The fraction of sp³-hybridized carbons (Fsp3) is 0.593. The SMILES string of the molecule is COc1ccc(CCNC(=O)c2cc(CN(C(=O)CCC3CCCC3)C3CCCC3)on2)cc1. The van der Waals surface area contributed by atoms with Crippen molar-refractivity contribution >= 4 is 11.8 Å². The normalized spacial score (nSPS) is 16.6. The van der Waals surface area contributed by atoms with Gasteiger partial charge in [0.15, 0.2) is 11.5 Å². The van der Waals surface area contributed by atoms with E-state index in [4.69, 9.17) is 9.26 Å². The van der Waals surface area contributed by atoms with Crippen LogP contribution in [0.15, 0.2) is 34.9 Å². The van der Waals surface area contributed by atoms with Crippen LogP contribution in [0.25, 0.3) is 0 Å².